The van der Waals surface area contributed by atoms with E-state index in [1.165, 1.54) is 32.6 Å². The molecule has 0 aliphatic heterocycles. The third kappa shape index (κ3) is 657. The van der Waals surface area contributed by atoms with E-state index in [1.54, 1.807) is 21.1 Å². The fourth-order valence-electron chi connectivity index (χ4n) is 0.540. The summed E-state index contributed by atoms with van der Waals surface area (Å²) in [6.07, 6.45) is 9.26. The van der Waals surface area contributed by atoms with Crippen molar-refractivity contribution in [2.75, 3.05) is 51.3 Å². The van der Waals surface area contributed by atoms with Gasteiger partial charge in [-0.05, 0) is 46.5 Å². The number of alkyl halides is 2. The summed E-state index contributed by atoms with van der Waals surface area (Å²) < 4.78 is 9.32. The largest absolute Gasteiger partial charge is 1.00 e. The van der Waals surface area contributed by atoms with Crippen molar-refractivity contribution < 1.29 is 227 Å². The van der Waals surface area contributed by atoms with Gasteiger partial charge in [-0.15, -0.1) is 34.0 Å². The monoisotopic (exact) mass is 1110 g/mol. The molecule has 0 aromatic carbocycles. The molecule has 0 aromatic heterocycles. The Hall–Kier alpha value is 5.36. The number of aliphatic hydroxyl groups is 2. The number of ether oxygens (including phenoxy) is 2. The molecule has 0 aliphatic carbocycles. The summed E-state index contributed by atoms with van der Waals surface area (Å²) >= 11 is 6.46. The molecule has 316 valence electrons. The normalized spacial score (nSPS) is 5.58. The number of aliphatic hydroxyl groups excluding tert-OH is 2. The Kier molecular flexibility index (Phi) is 646. The summed E-state index contributed by atoms with van der Waals surface area (Å²) in [4.78, 5) is 41.0. The first-order chi connectivity index (χ1) is 21.6. The van der Waals surface area contributed by atoms with Crippen molar-refractivity contribution in [2.45, 2.75) is 128 Å². The second-order valence-corrected chi connectivity index (χ2v) is 7.77. The van der Waals surface area contributed by atoms with Crippen LogP contribution in [0.2, 0.25) is 0 Å². The van der Waals surface area contributed by atoms with E-state index in [9.17, 15) is 4.79 Å². The summed E-state index contributed by atoms with van der Waals surface area (Å²) in [6, 6.07) is 0. The summed E-state index contributed by atoms with van der Waals surface area (Å²) in [5.74, 6) is 0. The maximum Gasteiger partial charge on any atom is 1.00 e. The molecular weight excluding hydrogens is 1030 g/mol. The van der Waals surface area contributed by atoms with Crippen LogP contribution in [-0.2, 0) is 38.4 Å². The van der Waals surface area contributed by atoms with Crippen LogP contribution in [0, 0.1) is 0 Å². The zero-order valence-corrected chi connectivity index (χ0v) is 54.1. The minimum Gasteiger partial charge on any atom is -1.00 e. The van der Waals surface area contributed by atoms with Crippen molar-refractivity contribution in [2.24, 2.45) is 0 Å². The Morgan fingerprint density at radius 3 is 0.981 bits per heavy atom. The summed E-state index contributed by atoms with van der Waals surface area (Å²) in [5.41, 5.74) is 0. The van der Waals surface area contributed by atoms with Crippen molar-refractivity contribution in [1.82, 2.24) is 0 Å². The van der Waals surface area contributed by atoms with Gasteiger partial charge in [-0.3, -0.25) is 9.59 Å². The Bertz CT molecular complexity index is 364. The molecule has 0 amide bonds. The molecular formula is C31H82B2Br4K2Na2O12. The minimum absolute atomic E-state index is 0. The zero-order chi connectivity index (χ0) is 38.8. The number of unbranched alkanes of at least 4 members (excludes halogenated alkanes) is 3. The third-order valence-corrected chi connectivity index (χ3v) is 2.75. The average molecular weight is 1110 g/mol. The molecule has 0 spiro atoms. The molecule has 22 heteroatoms. The van der Waals surface area contributed by atoms with E-state index in [2.05, 4.69) is 60.2 Å². The molecule has 0 saturated heterocycles. The average Bonchev–Trinajstić information content (AvgIpc) is 3.08. The molecule has 3 N–H and O–H groups in total. The smallest absolute Gasteiger partial charge is 1.00 e. The van der Waals surface area contributed by atoms with E-state index >= 15 is 0 Å². The third-order valence-electron chi connectivity index (χ3n) is 2.19. The second-order valence-electron chi connectivity index (χ2n) is 5.86. The number of carbonyl (C=O) groups is 4. The van der Waals surface area contributed by atoms with Gasteiger partial charge in [0.2, 0.25) is 0 Å². The first kappa shape index (κ1) is 130. The number of carbonyl (C=O) groups excluding carboxylic acids is 4. The number of rotatable bonds is 11. The van der Waals surface area contributed by atoms with Crippen LogP contribution in [-0.4, -0.2) is 109 Å². The van der Waals surface area contributed by atoms with Gasteiger partial charge in [0.25, 0.3) is 6.47 Å². The number of aldehydes is 2. The number of halogens is 4. The minimum atomic E-state index is -0.181. The molecule has 6 radical (unpaired) electrons. The molecule has 0 bridgehead atoms. The number of hydrogen-bond donors (Lipinski definition) is 3. The SMILES string of the molecule is Br.Br.CC.CC.CC=O.CCBr.CCCC=O.CCCCBr.CCCCOC.CCCO.CCO.CCOC.O=COO.O=CO[O-].[B].[B].[H-].[H-].[H-].[HH].[K+].[K+].[Na+].[Na+]. The topological polar surface area (TPSA) is 189 Å². The van der Waals surface area contributed by atoms with Crippen molar-refractivity contribution >= 4 is 108 Å². The van der Waals surface area contributed by atoms with E-state index in [0.717, 1.165) is 49.3 Å². The van der Waals surface area contributed by atoms with E-state index in [0.29, 0.717) is 13.0 Å². The first-order valence-corrected chi connectivity index (χ1v) is 17.5. The van der Waals surface area contributed by atoms with Gasteiger partial charge in [0, 0.05) is 76.0 Å². The Morgan fingerprint density at radius 2 is 0.962 bits per heavy atom. The van der Waals surface area contributed by atoms with Crippen molar-refractivity contribution in [3.63, 3.8) is 0 Å². The van der Waals surface area contributed by atoms with Gasteiger partial charge in [-0.1, -0.05) is 107 Å². The van der Waals surface area contributed by atoms with Gasteiger partial charge < -0.3 is 48.6 Å². The molecule has 0 atom stereocenters. The van der Waals surface area contributed by atoms with Crippen LogP contribution >= 0.6 is 65.8 Å². The summed E-state index contributed by atoms with van der Waals surface area (Å²) in [6.45, 7) is 25.4. The predicted octanol–water partition coefficient (Wildman–Crippen LogP) is -3.64. The maximum absolute atomic E-state index is 9.40. The molecule has 0 aliphatic rings. The van der Waals surface area contributed by atoms with Crippen LogP contribution in [0.5, 0.6) is 0 Å². The fraction of sp³-hybridized carbons (Fsp3) is 0.871. The molecule has 0 heterocycles. The van der Waals surface area contributed by atoms with Crippen molar-refractivity contribution in [3.8, 4) is 0 Å². The Labute approximate surface area is 505 Å². The fourth-order valence-corrected chi connectivity index (χ4v) is 1.10. The van der Waals surface area contributed by atoms with Gasteiger partial charge in [-0.25, -0.2) is 5.26 Å². The van der Waals surface area contributed by atoms with Crippen LogP contribution in [0.1, 0.15) is 134 Å². The molecule has 0 fully saturated rings. The summed E-state index contributed by atoms with van der Waals surface area (Å²) in [7, 11) is 3.41. The predicted molar refractivity (Wildman–Crippen MR) is 233 cm³/mol. The number of hydrogen-bond acceptors (Lipinski definition) is 12. The van der Waals surface area contributed by atoms with Gasteiger partial charge in [-0.2, -0.15) is 0 Å². The van der Waals surface area contributed by atoms with Gasteiger partial charge in [0.15, 0.2) is 0 Å². The van der Waals surface area contributed by atoms with Crippen LogP contribution in [0.25, 0.3) is 0 Å². The second kappa shape index (κ2) is 262. The molecule has 53 heavy (non-hydrogen) atoms. The summed E-state index contributed by atoms with van der Waals surface area (Å²) in [5, 5.41) is 33.1. The van der Waals surface area contributed by atoms with Crippen LogP contribution in [0.4, 0.5) is 0 Å². The molecule has 0 rings (SSSR count). The Balaban J connectivity index is -0.00000000939. The van der Waals surface area contributed by atoms with Crippen LogP contribution in [0.3, 0.4) is 0 Å². The molecule has 0 saturated carbocycles. The molecule has 0 aromatic rings. The standard InChI is InChI=1S/C5H12O.C4H9Br.C4H8O.2C3H8O.C2H5Br.C2H6O.C2H4O.2C2H6.2CH2O3.2B.2BrH.2K.2Na.H2.3H/c1-3-4-5-6-2;2*1-2-3-4-5;1-3-4-2;1-2-3-4;3*1-2-3;2*1-2;2*2-1-4-3;;;;;;;;;;;;/h3-5H2,1-2H3;2-4H2,1H3;4H,2-3H2,1H3;3H2,1-2H3;4H,2-3H2,1H3;2H2,1H3;3H,2H2,1H3;2H,1H3;2*1-2H3;2*1,3H;;;2*1H;;;;;1H;;;/q;;;;;;;;;;;;;;;;4*+1;;3*-1/p-1. The zero-order valence-electron chi connectivity index (χ0n) is 40.2. The van der Waals surface area contributed by atoms with E-state index in [-0.39, 0.29) is 238 Å². The van der Waals surface area contributed by atoms with Crippen molar-refractivity contribution in [3.05, 3.63) is 0 Å². The quantitative estimate of drug-likeness (QED) is 0.0461. The van der Waals surface area contributed by atoms with E-state index in [4.69, 9.17) is 39.8 Å². The van der Waals surface area contributed by atoms with Crippen molar-refractivity contribution in [1.29, 1.82) is 0 Å². The van der Waals surface area contributed by atoms with Crippen LogP contribution in [0.15, 0.2) is 0 Å². The maximum atomic E-state index is 9.40. The Morgan fingerprint density at radius 1 is 0.717 bits per heavy atom. The van der Waals surface area contributed by atoms with E-state index in [1.807, 2.05) is 55.4 Å². The van der Waals surface area contributed by atoms with Gasteiger partial charge in [0.1, 0.15) is 12.6 Å². The van der Waals surface area contributed by atoms with Gasteiger partial charge in [0.05, 0.1) is 0 Å². The first-order valence-electron chi connectivity index (χ1n) is 15.3. The van der Waals surface area contributed by atoms with Gasteiger partial charge >= 0.3 is 168 Å². The van der Waals surface area contributed by atoms with Crippen LogP contribution < -0.4 is 167 Å². The molecule has 0 unspecified atom stereocenters. The van der Waals surface area contributed by atoms with E-state index < -0.39 is 0 Å². The number of methoxy groups -OCH3 is 2. The molecule has 12 nitrogen and oxygen atoms in total.